The summed E-state index contributed by atoms with van der Waals surface area (Å²) >= 11 is 0. The highest BCUT2D eigenvalue weighted by atomic mass is 19.1. The predicted molar refractivity (Wildman–Crippen MR) is 99.3 cm³/mol. The molecule has 0 aliphatic heterocycles. The molecule has 1 N–H and O–H groups in total. The van der Waals surface area contributed by atoms with Crippen LogP contribution >= 0.6 is 0 Å². The Morgan fingerprint density at radius 1 is 0.964 bits per heavy atom. The third-order valence-corrected chi connectivity index (χ3v) is 4.15. The zero-order valence-electron chi connectivity index (χ0n) is 14.7. The van der Waals surface area contributed by atoms with E-state index < -0.39 is 11.7 Å². The van der Waals surface area contributed by atoms with E-state index in [9.17, 15) is 13.6 Å². The molecule has 2 heterocycles. The summed E-state index contributed by atoms with van der Waals surface area (Å²) in [4.78, 5) is 16.7. The Labute approximate surface area is 158 Å². The molecule has 140 valence electrons. The van der Waals surface area contributed by atoms with Gasteiger partial charge >= 0.3 is 0 Å². The molecule has 4 aromatic rings. The van der Waals surface area contributed by atoms with Crippen LogP contribution in [0.2, 0.25) is 0 Å². The van der Waals surface area contributed by atoms with E-state index in [4.69, 9.17) is 4.74 Å². The summed E-state index contributed by atoms with van der Waals surface area (Å²) in [6.45, 7) is 0. The smallest absolute Gasteiger partial charge is 0.258 e. The van der Waals surface area contributed by atoms with Gasteiger partial charge in [-0.05, 0) is 48.0 Å². The molecule has 2 aromatic carbocycles. The number of ether oxygens (including phenoxy) is 1. The molecule has 1 amide bonds. The van der Waals surface area contributed by atoms with Crippen LogP contribution in [0.4, 0.5) is 14.7 Å². The number of rotatable bonds is 4. The van der Waals surface area contributed by atoms with Crippen LogP contribution in [0.3, 0.4) is 0 Å². The summed E-state index contributed by atoms with van der Waals surface area (Å²) in [5, 5.41) is 6.86. The molecule has 0 unspecified atom stereocenters. The molecule has 0 bridgehead atoms. The van der Waals surface area contributed by atoms with Gasteiger partial charge in [0.1, 0.15) is 11.6 Å². The molecular formula is C20H14F2N4O2. The van der Waals surface area contributed by atoms with Crippen molar-refractivity contribution < 1.29 is 18.3 Å². The second kappa shape index (κ2) is 7.07. The van der Waals surface area contributed by atoms with Crippen molar-refractivity contribution in [3.8, 4) is 17.0 Å². The average Bonchev–Trinajstić information content (AvgIpc) is 3.12. The number of nitrogens with zero attached hydrogens (tertiary/aromatic N) is 3. The lowest BCUT2D eigenvalue weighted by Gasteiger charge is -2.06. The summed E-state index contributed by atoms with van der Waals surface area (Å²) in [5.41, 5.74) is 2.12. The normalized spacial score (nSPS) is 10.8. The van der Waals surface area contributed by atoms with Crippen molar-refractivity contribution in [1.82, 2.24) is 14.6 Å². The van der Waals surface area contributed by atoms with Crippen molar-refractivity contribution in [1.29, 1.82) is 0 Å². The fourth-order valence-electron chi connectivity index (χ4n) is 2.78. The summed E-state index contributed by atoms with van der Waals surface area (Å²) in [6, 6.07) is 14.6. The highest BCUT2D eigenvalue weighted by Gasteiger charge is 2.16. The van der Waals surface area contributed by atoms with Crippen molar-refractivity contribution in [3.05, 3.63) is 77.9 Å². The van der Waals surface area contributed by atoms with Gasteiger partial charge in [-0.15, -0.1) is 5.10 Å². The molecule has 0 saturated carbocycles. The Hall–Kier alpha value is -3.81. The molecule has 28 heavy (non-hydrogen) atoms. The molecular weight excluding hydrogens is 366 g/mol. The fraction of sp³-hybridized carbons (Fsp3) is 0.0500. The SMILES string of the molecule is COc1ccc(-c2ccc(F)cc2)c2nc(NC(=O)c3ccc(F)cc3)nn12. The largest absolute Gasteiger partial charge is 0.481 e. The molecule has 0 radical (unpaired) electrons. The van der Waals surface area contributed by atoms with Gasteiger partial charge in [-0.2, -0.15) is 9.50 Å². The first kappa shape index (κ1) is 17.6. The van der Waals surface area contributed by atoms with E-state index in [0.29, 0.717) is 17.1 Å². The third-order valence-electron chi connectivity index (χ3n) is 4.15. The van der Waals surface area contributed by atoms with Crippen molar-refractivity contribution >= 4 is 17.5 Å². The first-order valence-electron chi connectivity index (χ1n) is 8.32. The third kappa shape index (κ3) is 3.27. The molecule has 2 aromatic heterocycles. The molecule has 0 aliphatic carbocycles. The number of halogens is 2. The minimum absolute atomic E-state index is 0.0576. The first-order valence-corrected chi connectivity index (χ1v) is 8.32. The summed E-state index contributed by atoms with van der Waals surface area (Å²) in [7, 11) is 1.49. The molecule has 0 spiro atoms. The quantitative estimate of drug-likeness (QED) is 0.582. The van der Waals surface area contributed by atoms with Crippen molar-refractivity contribution in [2.45, 2.75) is 0 Å². The van der Waals surface area contributed by atoms with E-state index in [0.717, 1.165) is 5.56 Å². The number of carbonyl (C=O) groups is 1. The summed E-state index contributed by atoms with van der Waals surface area (Å²) in [5.74, 6) is -0.783. The van der Waals surface area contributed by atoms with E-state index in [1.54, 1.807) is 24.3 Å². The Morgan fingerprint density at radius 3 is 2.25 bits per heavy atom. The van der Waals surface area contributed by atoms with Crippen molar-refractivity contribution in [2.24, 2.45) is 0 Å². The number of hydrogen-bond acceptors (Lipinski definition) is 4. The molecule has 4 rings (SSSR count). The van der Waals surface area contributed by atoms with Gasteiger partial charge in [0.2, 0.25) is 11.8 Å². The van der Waals surface area contributed by atoms with Crippen molar-refractivity contribution in [3.63, 3.8) is 0 Å². The van der Waals surface area contributed by atoms with Crippen molar-refractivity contribution in [2.75, 3.05) is 12.4 Å². The Bertz CT molecular complexity index is 1160. The number of amides is 1. The topological polar surface area (TPSA) is 68.5 Å². The van der Waals surface area contributed by atoms with Gasteiger partial charge in [0, 0.05) is 17.2 Å². The lowest BCUT2D eigenvalue weighted by Crippen LogP contribution is -2.13. The zero-order chi connectivity index (χ0) is 19.7. The Balaban J connectivity index is 1.74. The molecule has 6 nitrogen and oxygen atoms in total. The van der Waals surface area contributed by atoms with Crippen LogP contribution in [0, 0.1) is 11.6 Å². The van der Waals surface area contributed by atoms with Gasteiger partial charge in [-0.25, -0.2) is 8.78 Å². The number of nitrogens with one attached hydrogen (secondary N) is 1. The van der Waals surface area contributed by atoms with Gasteiger partial charge in [0.05, 0.1) is 7.11 Å². The van der Waals surface area contributed by atoms with Gasteiger partial charge in [0.25, 0.3) is 5.91 Å². The van der Waals surface area contributed by atoms with Crippen LogP contribution in [0.1, 0.15) is 10.4 Å². The number of carbonyl (C=O) groups excluding carboxylic acids is 1. The number of benzene rings is 2. The molecule has 0 atom stereocenters. The van der Waals surface area contributed by atoms with E-state index in [-0.39, 0.29) is 17.3 Å². The molecule has 0 saturated heterocycles. The number of aromatic nitrogens is 3. The van der Waals surface area contributed by atoms with Gasteiger partial charge < -0.3 is 4.74 Å². The van der Waals surface area contributed by atoms with Crippen LogP contribution < -0.4 is 10.1 Å². The van der Waals surface area contributed by atoms with E-state index >= 15 is 0 Å². The minimum Gasteiger partial charge on any atom is -0.481 e. The first-order chi connectivity index (χ1) is 13.5. The summed E-state index contributed by atoms with van der Waals surface area (Å²) < 4.78 is 33.0. The van der Waals surface area contributed by atoms with E-state index in [1.807, 2.05) is 0 Å². The number of pyridine rings is 1. The maximum atomic E-state index is 13.2. The van der Waals surface area contributed by atoms with Crippen LogP contribution in [0.25, 0.3) is 16.8 Å². The number of anilines is 1. The Kier molecular flexibility index (Phi) is 4.44. The van der Waals surface area contributed by atoms with Crippen LogP contribution in [-0.4, -0.2) is 27.6 Å². The minimum atomic E-state index is -0.474. The van der Waals surface area contributed by atoms with Crippen LogP contribution in [0.5, 0.6) is 5.88 Å². The highest BCUT2D eigenvalue weighted by Crippen LogP contribution is 2.28. The molecule has 0 fully saturated rings. The number of hydrogen-bond donors (Lipinski definition) is 1. The monoisotopic (exact) mass is 380 g/mol. The average molecular weight is 380 g/mol. The van der Waals surface area contributed by atoms with Gasteiger partial charge in [-0.3, -0.25) is 10.1 Å². The van der Waals surface area contributed by atoms with Crippen LogP contribution in [0.15, 0.2) is 60.7 Å². The second-order valence-electron chi connectivity index (χ2n) is 5.93. The number of methoxy groups -OCH3 is 1. The fourth-order valence-corrected chi connectivity index (χ4v) is 2.78. The second-order valence-corrected chi connectivity index (χ2v) is 5.93. The lowest BCUT2D eigenvalue weighted by atomic mass is 10.1. The van der Waals surface area contributed by atoms with Gasteiger partial charge in [0.15, 0.2) is 5.65 Å². The van der Waals surface area contributed by atoms with Gasteiger partial charge in [-0.1, -0.05) is 12.1 Å². The maximum Gasteiger partial charge on any atom is 0.258 e. The van der Waals surface area contributed by atoms with E-state index in [2.05, 4.69) is 15.4 Å². The lowest BCUT2D eigenvalue weighted by molar-refractivity contribution is 0.102. The van der Waals surface area contributed by atoms with E-state index in [1.165, 1.54) is 48.0 Å². The standard InChI is InChI=1S/C20H14F2N4O2/c1-28-17-11-10-16(12-2-6-14(21)7-3-12)18-23-20(25-26(17)18)24-19(27)13-4-8-15(22)9-5-13/h2-11H,1H3,(H,24,25,27). The van der Waals surface area contributed by atoms with Crippen LogP contribution in [-0.2, 0) is 0 Å². The predicted octanol–water partition coefficient (Wildman–Crippen LogP) is 3.94. The molecule has 8 heteroatoms. The number of fused-ring (bicyclic) bond motifs is 1. The summed E-state index contributed by atoms with van der Waals surface area (Å²) in [6.07, 6.45) is 0. The maximum absolute atomic E-state index is 13.2. The zero-order valence-corrected chi connectivity index (χ0v) is 14.7. The Morgan fingerprint density at radius 2 is 1.61 bits per heavy atom. The molecule has 0 aliphatic rings. The highest BCUT2D eigenvalue weighted by molar-refractivity contribution is 6.03.